The van der Waals surface area contributed by atoms with Gasteiger partial charge in [-0.15, -0.1) is 0 Å². The van der Waals surface area contributed by atoms with Crippen molar-refractivity contribution in [2.24, 2.45) is 5.10 Å². The van der Waals surface area contributed by atoms with E-state index in [1.54, 1.807) is 32.6 Å². The number of rotatable bonds is 7. The topological polar surface area (TPSA) is 72.8 Å². The summed E-state index contributed by atoms with van der Waals surface area (Å²) in [6, 6.07) is 24.5. The number of ether oxygens (including phenoxy) is 2. The molecule has 3 aromatic carbocycles. The number of benzene rings is 3. The predicted octanol–water partition coefficient (Wildman–Crippen LogP) is 5.35. The molecule has 1 heterocycles. The first kappa shape index (κ1) is 21.8. The molecule has 6 heteroatoms. The summed E-state index contributed by atoms with van der Waals surface area (Å²) in [7, 11) is 3.19. The lowest BCUT2D eigenvalue weighted by Crippen LogP contribution is -2.18. The molecule has 0 aliphatic carbocycles. The van der Waals surface area contributed by atoms with Crippen LogP contribution in [-0.2, 0) is 0 Å². The Bertz CT molecular complexity index is 1330. The van der Waals surface area contributed by atoms with Crippen LogP contribution in [0.2, 0.25) is 0 Å². The number of amides is 1. The highest BCUT2D eigenvalue weighted by Crippen LogP contribution is 2.34. The second kappa shape index (κ2) is 10.2. The minimum atomic E-state index is -0.332. The third-order valence-electron chi connectivity index (χ3n) is 5.06. The Hall–Kier alpha value is -4.45. The Morgan fingerprint density at radius 3 is 2.52 bits per heavy atom. The van der Waals surface area contributed by atoms with Gasteiger partial charge >= 0.3 is 0 Å². The normalized spacial score (nSPS) is 11.2. The van der Waals surface area contributed by atoms with Crippen LogP contribution in [0.15, 0.2) is 90.0 Å². The van der Waals surface area contributed by atoms with Crippen LogP contribution in [0.5, 0.6) is 11.5 Å². The molecule has 164 valence electrons. The number of allylic oxidation sites excluding steroid dienone is 1. The first-order valence-electron chi connectivity index (χ1n) is 10.4. The molecule has 1 N–H and O–H groups in total. The summed E-state index contributed by atoms with van der Waals surface area (Å²) in [6.07, 6.45) is 5.22. The fourth-order valence-corrected chi connectivity index (χ4v) is 3.43. The molecule has 0 saturated carbocycles. The largest absolute Gasteiger partial charge is 0.497 e. The van der Waals surface area contributed by atoms with E-state index in [9.17, 15) is 4.79 Å². The van der Waals surface area contributed by atoms with E-state index >= 15 is 0 Å². The number of nitrogens with zero attached hydrogens (tertiary/aromatic N) is 2. The van der Waals surface area contributed by atoms with Crippen LogP contribution in [0.1, 0.15) is 15.9 Å². The molecule has 0 unspecified atom stereocenters. The van der Waals surface area contributed by atoms with Gasteiger partial charge in [-0.3, -0.25) is 4.79 Å². The smallest absolute Gasteiger partial charge is 0.272 e. The lowest BCUT2D eigenvalue weighted by atomic mass is 10.0. The Labute approximate surface area is 192 Å². The average Bonchev–Trinajstić information content (AvgIpc) is 2.87. The number of hydrazone groups is 1. The zero-order chi connectivity index (χ0) is 23.0. The number of pyridine rings is 1. The monoisotopic (exact) mass is 437 g/mol. The number of hydrogen-bond acceptors (Lipinski definition) is 5. The number of carbonyl (C=O) groups is 1. The van der Waals surface area contributed by atoms with Crippen molar-refractivity contribution in [3.05, 3.63) is 96.1 Å². The van der Waals surface area contributed by atoms with Crippen LogP contribution in [0.25, 0.3) is 28.2 Å². The average molecular weight is 437 g/mol. The molecule has 0 spiro atoms. The van der Waals surface area contributed by atoms with Crippen molar-refractivity contribution >= 4 is 29.1 Å². The van der Waals surface area contributed by atoms with Crippen LogP contribution >= 0.6 is 0 Å². The predicted molar refractivity (Wildman–Crippen MR) is 132 cm³/mol. The Balaban J connectivity index is 1.65. The van der Waals surface area contributed by atoms with E-state index in [4.69, 9.17) is 14.5 Å². The number of aromatic nitrogens is 1. The van der Waals surface area contributed by atoms with Crippen molar-refractivity contribution in [1.29, 1.82) is 0 Å². The lowest BCUT2D eigenvalue weighted by molar-refractivity contribution is 0.0956. The fraction of sp³-hybridized carbons (Fsp3) is 0.0741. The van der Waals surface area contributed by atoms with E-state index in [0.717, 1.165) is 16.5 Å². The number of hydrogen-bond donors (Lipinski definition) is 1. The summed E-state index contributed by atoms with van der Waals surface area (Å²) in [5.41, 5.74) is 6.13. The van der Waals surface area contributed by atoms with Gasteiger partial charge in [-0.05, 0) is 42.0 Å². The Morgan fingerprint density at radius 1 is 0.939 bits per heavy atom. The third-order valence-corrected chi connectivity index (χ3v) is 5.06. The molecule has 0 aliphatic rings. The number of methoxy groups -OCH3 is 2. The van der Waals surface area contributed by atoms with E-state index in [1.165, 1.54) is 0 Å². The van der Waals surface area contributed by atoms with E-state index in [0.29, 0.717) is 28.3 Å². The molecule has 4 rings (SSSR count). The maximum Gasteiger partial charge on any atom is 0.272 e. The van der Waals surface area contributed by atoms with Crippen LogP contribution in [0, 0.1) is 0 Å². The first-order valence-corrected chi connectivity index (χ1v) is 10.4. The van der Waals surface area contributed by atoms with Crippen LogP contribution in [0.4, 0.5) is 0 Å². The van der Waals surface area contributed by atoms with Crippen molar-refractivity contribution in [3.8, 4) is 22.8 Å². The molecular weight excluding hydrogens is 414 g/mol. The van der Waals surface area contributed by atoms with E-state index in [2.05, 4.69) is 10.5 Å². The summed E-state index contributed by atoms with van der Waals surface area (Å²) in [6.45, 7) is 0. The van der Waals surface area contributed by atoms with Crippen molar-refractivity contribution in [2.75, 3.05) is 14.2 Å². The quantitative estimate of drug-likeness (QED) is 0.313. The summed E-state index contributed by atoms with van der Waals surface area (Å²) < 4.78 is 10.9. The molecule has 4 aromatic rings. The van der Waals surface area contributed by atoms with Gasteiger partial charge in [0.2, 0.25) is 0 Å². The molecule has 0 saturated heterocycles. The second-order valence-electron chi connectivity index (χ2n) is 7.13. The van der Waals surface area contributed by atoms with Gasteiger partial charge in [-0.2, -0.15) is 5.10 Å². The van der Waals surface area contributed by atoms with Crippen molar-refractivity contribution < 1.29 is 14.3 Å². The first-order chi connectivity index (χ1) is 16.2. The van der Waals surface area contributed by atoms with Gasteiger partial charge in [0.05, 0.1) is 31.0 Å². The van der Waals surface area contributed by atoms with Crippen LogP contribution in [0.3, 0.4) is 0 Å². The van der Waals surface area contributed by atoms with Gasteiger partial charge in [0, 0.05) is 17.2 Å². The SMILES string of the molecule is COc1ccc(OC)c(-c2cc(C(=O)NN=C/C=C\c3ccccc3)c3ccccc3n2)c1. The van der Waals surface area contributed by atoms with E-state index in [-0.39, 0.29) is 5.91 Å². The van der Waals surface area contributed by atoms with Gasteiger partial charge in [-0.25, -0.2) is 10.4 Å². The van der Waals surface area contributed by atoms with Gasteiger partial charge in [-0.1, -0.05) is 54.6 Å². The van der Waals surface area contributed by atoms with E-state index in [1.807, 2.05) is 78.9 Å². The van der Waals surface area contributed by atoms with Crippen molar-refractivity contribution in [1.82, 2.24) is 10.4 Å². The van der Waals surface area contributed by atoms with Gasteiger partial charge in [0.25, 0.3) is 5.91 Å². The van der Waals surface area contributed by atoms with Crippen molar-refractivity contribution in [3.63, 3.8) is 0 Å². The zero-order valence-corrected chi connectivity index (χ0v) is 18.4. The summed E-state index contributed by atoms with van der Waals surface area (Å²) in [4.78, 5) is 17.8. The van der Waals surface area contributed by atoms with Crippen LogP contribution < -0.4 is 14.9 Å². The number of carbonyl (C=O) groups excluding carboxylic acids is 1. The van der Waals surface area contributed by atoms with Gasteiger partial charge in [0.1, 0.15) is 11.5 Å². The zero-order valence-electron chi connectivity index (χ0n) is 18.4. The second-order valence-corrected chi connectivity index (χ2v) is 7.13. The van der Waals surface area contributed by atoms with E-state index < -0.39 is 0 Å². The van der Waals surface area contributed by atoms with Gasteiger partial charge < -0.3 is 9.47 Å². The molecule has 0 radical (unpaired) electrons. The molecule has 0 atom stereocenters. The van der Waals surface area contributed by atoms with Gasteiger partial charge in [0.15, 0.2) is 0 Å². The highest BCUT2D eigenvalue weighted by Gasteiger charge is 2.16. The lowest BCUT2D eigenvalue weighted by Gasteiger charge is -2.13. The molecule has 33 heavy (non-hydrogen) atoms. The number of para-hydroxylation sites is 1. The highest BCUT2D eigenvalue weighted by molar-refractivity contribution is 6.07. The summed E-state index contributed by atoms with van der Waals surface area (Å²) in [5, 5.41) is 4.79. The molecule has 0 bridgehead atoms. The molecule has 0 fully saturated rings. The van der Waals surface area contributed by atoms with Crippen LogP contribution in [-0.4, -0.2) is 31.3 Å². The Kier molecular flexibility index (Phi) is 6.75. The molecule has 0 aliphatic heterocycles. The third kappa shape index (κ3) is 5.07. The number of nitrogens with one attached hydrogen (secondary N) is 1. The number of fused-ring (bicyclic) bond motifs is 1. The summed E-state index contributed by atoms with van der Waals surface area (Å²) >= 11 is 0. The molecule has 6 nitrogen and oxygen atoms in total. The standard InChI is InChI=1S/C27H23N3O3/c1-32-20-14-15-26(33-2)23(17-20)25-18-22(21-12-6-7-13-24(21)29-25)27(31)30-28-16-8-11-19-9-4-3-5-10-19/h3-18H,1-2H3,(H,30,31)/b11-8-,28-16?. The highest BCUT2D eigenvalue weighted by atomic mass is 16.5. The maximum atomic E-state index is 13.0. The van der Waals surface area contributed by atoms with Crippen molar-refractivity contribution in [2.45, 2.75) is 0 Å². The summed E-state index contributed by atoms with van der Waals surface area (Å²) in [5.74, 6) is 0.969. The molecular formula is C27H23N3O3. The molecule has 1 amide bonds. The minimum Gasteiger partial charge on any atom is -0.497 e. The Morgan fingerprint density at radius 2 is 1.73 bits per heavy atom. The maximum absolute atomic E-state index is 13.0. The molecule has 1 aromatic heterocycles. The minimum absolute atomic E-state index is 0.332. The fourth-order valence-electron chi connectivity index (χ4n) is 3.43.